The highest BCUT2D eigenvalue weighted by Gasteiger charge is 2.28. The van der Waals surface area contributed by atoms with E-state index < -0.39 is 0 Å². The van der Waals surface area contributed by atoms with Crippen molar-refractivity contribution in [1.82, 2.24) is 14.9 Å². The molecule has 2 heterocycles. The molecule has 0 saturated carbocycles. The predicted molar refractivity (Wildman–Crippen MR) is 123 cm³/mol. The van der Waals surface area contributed by atoms with Gasteiger partial charge in [-0.2, -0.15) is 0 Å². The van der Waals surface area contributed by atoms with E-state index in [2.05, 4.69) is 31.1 Å². The Balaban J connectivity index is 1.68. The van der Waals surface area contributed by atoms with Gasteiger partial charge in [0.1, 0.15) is 0 Å². The average molecular weight is 444 g/mol. The number of carbonyl (C=O) groups is 1. The molecule has 3 aromatic rings. The lowest BCUT2D eigenvalue weighted by Gasteiger charge is -2.30. The predicted octanol–water partition coefficient (Wildman–Crippen LogP) is 4.16. The van der Waals surface area contributed by atoms with Crippen LogP contribution < -0.4 is 20.3 Å². The van der Waals surface area contributed by atoms with Crippen LogP contribution in [0.1, 0.15) is 44.5 Å². The maximum Gasteiger partial charge on any atom is 0.261 e. The van der Waals surface area contributed by atoms with E-state index in [4.69, 9.17) is 9.47 Å². The Kier molecular flexibility index (Phi) is 7.00. The van der Waals surface area contributed by atoms with Gasteiger partial charge in [-0.05, 0) is 29.3 Å². The lowest BCUT2D eigenvalue weighted by atomic mass is 9.85. The lowest BCUT2D eigenvalue weighted by molar-refractivity contribution is -0.122. The molecule has 1 atom stereocenters. The molecule has 1 N–H and O–H groups in total. The normalized spacial score (nSPS) is 12.5. The summed E-state index contributed by atoms with van der Waals surface area (Å²) >= 11 is 1.64. The molecule has 166 valence electrons. The van der Waals surface area contributed by atoms with Crippen LogP contribution in [0.5, 0.6) is 11.5 Å². The second-order valence-electron chi connectivity index (χ2n) is 8.45. The van der Waals surface area contributed by atoms with Crippen molar-refractivity contribution >= 4 is 28.1 Å². The molecule has 0 aliphatic rings. The Hall–Kier alpha value is -2.87. The molecule has 0 radical (unpaired) electrons. The Morgan fingerprint density at radius 2 is 1.94 bits per heavy atom. The molecule has 0 aliphatic heterocycles. The molecule has 0 fully saturated rings. The van der Waals surface area contributed by atoms with E-state index in [1.165, 1.54) is 18.0 Å². The topological polar surface area (TPSA) is 82.5 Å². The zero-order valence-electron chi connectivity index (χ0n) is 18.6. The standard InChI is InChI=1S/C23H29N3O4S/c1-23(2,3)21(19-8-7-11-31-19)25-20(27)9-6-10-26-14-24-16-13-18(30-5)17(29-4)12-15(16)22(26)28/h7-8,11-14,21H,6,9-10H2,1-5H3,(H,25,27). The Labute approximate surface area is 186 Å². The summed E-state index contributed by atoms with van der Waals surface area (Å²) in [6.45, 7) is 6.74. The van der Waals surface area contributed by atoms with Crippen LogP contribution in [0.4, 0.5) is 0 Å². The Morgan fingerprint density at radius 1 is 1.23 bits per heavy atom. The molecule has 0 saturated heterocycles. The number of nitrogens with one attached hydrogen (secondary N) is 1. The number of hydrogen-bond acceptors (Lipinski definition) is 6. The van der Waals surface area contributed by atoms with Gasteiger partial charge in [0, 0.05) is 23.9 Å². The van der Waals surface area contributed by atoms with Crippen LogP contribution in [0.2, 0.25) is 0 Å². The number of carbonyl (C=O) groups excluding carboxylic acids is 1. The van der Waals surface area contributed by atoms with Crippen LogP contribution >= 0.6 is 11.3 Å². The zero-order valence-corrected chi connectivity index (χ0v) is 19.4. The van der Waals surface area contributed by atoms with Gasteiger partial charge in [-0.25, -0.2) is 4.98 Å². The zero-order chi connectivity index (χ0) is 22.6. The van der Waals surface area contributed by atoms with E-state index in [1.54, 1.807) is 30.6 Å². The molecule has 31 heavy (non-hydrogen) atoms. The summed E-state index contributed by atoms with van der Waals surface area (Å²) in [4.78, 5) is 31.0. The Bertz CT molecular complexity index is 1100. The number of aromatic nitrogens is 2. The number of amides is 1. The molecular formula is C23H29N3O4S. The third-order valence-corrected chi connectivity index (χ3v) is 6.07. The molecule has 1 aromatic carbocycles. The summed E-state index contributed by atoms with van der Waals surface area (Å²) in [5, 5.41) is 5.63. The number of benzene rings is 1. The molecule has 1 unspecified atom stereocenters. The first-order valence-corrected chi connectivity index (χ1v) is 11.1. The van der Waals surface area contributed by atoms with Crippen molar-refractivity contribution < 1.29 is 14.3 Å². The van der Waals surface area contributed by atoms with Crippen LogP contribution in [0, 0.1) is 5.41 Å². The largest absolute Gasteiger partial charge is 0.493 e. The highest BCUT2D eigenvalue weighted by atomic mass is 32.1. The SMILES string of the molecule is COc1cc2ncn(CCCC(=O)NC(c3cccs3)C(C)(C)C)c(=O)c2cc1OC. The molecule has 8 heteroatoms. The lowest BCUT2D eigenvalue weighted by Crippen LogP contribution is -2.36. The fourth-order valence-corrected chi connectivity index (χ4v) is 4.48. The van der Waals surface area contributed by atoms with Gasteiger partial charge in [0.2, 0.25) is 5.91 Å². The molecule has 0 bridgehead atoms. The van der Waals surface area contributed by atoms with Crippen LogP contribution in [-0.4, -0.2) is 29.7 Å². The fourth-order valence-electron chi connectivity index (χ4n) is 3.46. The summed E-state index contributed by atoms with van der Waals surface area (Å²) < 4.78 is 12.1. The van der Waals surface area contributed by atoms with Gasteiger partial charge < -0.3 is 14.8 Å². The van der Waals surface area contributed by atoms with Crippen molar-refractivity contribution in [3.63, 3.8) is 0 Å². The summed E-state index contributed by atoms with van der Waals surface area (Å²) in [5.41, 5.74) is 0.276. The second kappa shape index (κ2) is 9.51. The average Bonchev–Trinajstić information content (AvgIpc) is 3.26. The highest BCUT2D eigenvalue weighted by molar-refractivity contribution is 7.10. The van der Waals surface area contributed by atoms with Gasteiger partial charge in [0.05, 0.1) is 37.5 Å². The van der Waals surface area contributed by atoms with Crippen molar-refractivity contribution in [3.05, 3.63) is 51.2 Å². The van der Waals surface area contributed by atoms with Gasteiger partial charge in [-0.3, -0.25) is 14.2 Å². The van der Waals surface area contributed by atoms with Crippen LogP contribution in [0.25, 0.3) is 10.9 Å². The van der Waals surface area contributed by atoms with Crippen LogP contribution in [0.3, 0.4) is 0 Å². The number of thiophene rings is 1. The summed E-state index contributed by atoms with van der Waals surface area (Å²) in [7, 11) is 3.07. The number of aryl methyl sites for hydroxylation is 1. The van der Waals surface area contributed by atoms with E-state index in [9.17, 15) is 9.59 Å². The number of methoxy groups -OCH3 is 2. The van der Waals surface area contributed by atoms with E-state index >= 15 is 0 Å². The van der Waals surface area contributed by atoms with Gasteiger partial charge in [0.15, 0.2) is 11.5 Å². The van der Waals surface area contributed by atoms with Crippen molar-refractivity contribution in [2.45, 2.75) is 46.2 Å². The molecular weight excluding hydrogens is 414 g/mol. The first-order chi connectivity index (χ1) is 14.7. The maximum atomic E-state index is 12.9. The summed E-state index contributed by atoms with van der Waals surface area (Å²) in [5.74, 6) is 0.977. The van der Waals surface area contributed by atoms with E-state index in [-0.39, 0.29) is 22.9 Å². The molecule has 7 nitrogen and oxygen atoms in total. The number of rotatable bonds is 8. The number of ether oxygens (including phenoxy) is 2. The van der Waals surface area contributed by atoms with Gasteiger partial charge >= 0.3 is 0 Å². The van der Waals surface area contributed by atoms with E-state index in [0.29, 0.717) is 41.8 Å². The van der Waals surface area contributed by atoms with Crippen molar-refractivity contribution in [2.75, 3.05) is 14.2 Å². The smallest absolute Gasteiger partial charge is 0.261 e. The van der Waals surface area contributed by atoms with Crippen LogP contribution in [0.15, 0.2) is 40.8 Å². The number of fused-ring (bicyclic) bond motifs is 1. The quantitative estimate of drug-likeness (QED) is 0.565. The minimum atomic E-state index is -0.169. The Morgan fingerprint density at radius 3 is 2.55 bits per heavy atom. The second-order valence-corrected chi connectivity index (χ2v) is 9.43. The van der Waals surface area contributed by atoms with Crippen molar-refractivity contribution in [3.8, 4) is 11.5 Å². The number of nitrogens with zero attached hydrogens (tertiary/aromatic N) is 2. The van der Waals surface area contributed by atoms with Crippen molar-refractivity contribution in [2.24, 2.45) is 5.41 Å². The van der Waals surface area contributed by atoms with E-state index in [1.807, 2.05) is 17.5 Å². The number of hydrogen-bond donors (Lipinski definition) is 1. The minimum absolute atomic E-state index is 0.0264. The van der Waals surface area contributed by atoms with Gasteiger partial charge in [-0.1, -0.05) is 26.8 Å². The first kappa shape index (κ1) is 22.8. The van der Waals surface area contributed by atoms with Crippen LogP contribution in [-0.2, 0) is 11.3 Å². The van der Waals surface area contributed by atoms with Crippen molar-refractivity contribution in [1.29, 1.82) is 0 Å². The van der Waals surface area contributed by atoms with Gasteiger partial charge in [0.25, 0.3) is 5.56 Å². The monoisotopic (exact) mass is 443 g/mol. The minimum Gasteiger partial charge on any atom is -0.493 e. The molecule has 1 amide bonds. The van der Waals surface area contributed by atoms with Gasteiger partial charge in [-0.15, -0.1) is 11.3 Å². The molecule has 0 aliphatic carbocycles. The summed E-state index contributed by atoms with van der Waals surface area (Å²) in [6.07, 6.45) is 2.37. The third kappa shape index (κ3) is 5.25. The maximum absolute atomic E-state index is 12.9. The first-order valence-electron chi connectivity index (χ1n) is 10.2. The highest BCUT2D eigenvalue weighted by Crippen LogP contribution is 2.35. The molecule has 3 rings (SSSR count). The van der Waals surface area contributed by atoms with E-state index in [0.717, 1.165) is 4.88 Å². The molecule has 0 spiro atoms. The molecule has 2 aromatic heterocycles. The fraction of sp³-hybridized carbons (Fsp3) is 0.435. The summed E-state index contributed by atoms with van der Waals surface area (Å²) in [6, 6.07) is 7.32. The third-order valence-electron chi connectivity index (χ3n) is 5.13.